The lowest BCUT2D eigenvalue weighted by molar-refractivity contribution is -0.140. The molecule has 54 heavy (non-hydrogen) atoms. The van der Waals surface area contributed by atoms with E-state index in [1.165, 1.54) is 19.2 Å². The van der Waals surface area contributed by atoms with E-state index in [0.29, 0.717) is 67.1 Å². The average Bonchev–Trinajstić information content (AvgIpc) is 3.12. The fourth-order valence-corrected chi connectivity index (χ4v) is 6.57. The van der Waals surface area contributed by atoms with Gasteiger partial charge >= 0.3 is 12.1 Å². The highest BCUT2D eigenvalue weighted by molar-refractivity contribution is 5.94. The molecule has 304 valence electrons. The number of methoxy groups -OCH3 is 1. The number of benzene rings is 1. The summed E-state index contributed by atoms with van der Waals surface area (Å²) >= 11 is 0. The Morgan fingerprint density at radius 2 is 1.52 bits per heavy atom. The lowest BCUT2D eigenvalue weighted by atomic mass is 9.84. The number of hydrogen-bond acceptors (Lipinski definition) is 9. The maximum Gasteiger partial charge on any atom is 0.408 e. The third-order valence-electron chi connectivity index (χ3n) is 9.47. The van der Waals surface area contributed by atoms with E-state index < -0.39 is 54.1 Å². The number of rotatable bonds is 21. The summed E-state index contributed by atoms with van der Waals surface area (Å²) in [6.45, 7) is 10.3. The Kier molecular flexibility index (Phi) is 19.1. The van der Waals surface area contributed by atoms with Gasteiger partial charge in [0.25, 0.3) is 0 Å². The van der Waals surface area contributed by atoms with Gasteiger partial charge in [0.2, 0.25) is 23.6 Å². The zero-order chi connectivity index (χ0) is 41.1. The van der Waals surface area contributed by atoms with Crippen LogP contribution in [0.5, 0.6) is 5.75 Å². The van der Waals surface area contributed by atoms with E-state index in [9.17, 15) is 33.9 Å². The Morgan fingerprint density at radius 3 is 2.13 bits per heavy atom. The van der Waals surface area contributed by atoms with Crippen LogP contribution in [0.1, 0.15) is 128 Å². The van der Waals surface area contributed by atoms with Gasteiger partial charge in [0, 0.05) is 19.4 Å². The van der Waals surface area contributed by atoms with Crippen LogP contribution < -0.4 is 26.6 Å². The normalized spacial score (nSPS) is 15.1. The van der Waals surface area contributed by atoms with Crippen LogP contribution in [0.2, 0.25) is 1.41 Å². The van der Waals surface area contributed by atoms with Gasteiger partial charge in [-0.15, -0.1) is 0 Å². The molecule has 2 rings (SSSR count). The highest BCUT2D eigenvalue weighted by Crippen LogP contribution is 2.27. The molecule has 1 aromatic rings. The maximum atomic E-state index is 13.9. The molecule has 5 amide bonds. The van der Waals surface area contributed by atoms with Crippen LogP contribution in [0, 0.1) is 19.8 Å². The minimum absolute atomic E-state index is 0.0416. The SMILES string of the molecule is [2H]N(C(=O)OC(C)(C)C)C(Cc1c(C)cc(O)cc1C)C(=O)N[C@@H](CCCC)C(=O)NCC(=O)N[C@@H](CC1CCCCC1)C(=O)NCCCCCC(=O)OC. The fraction of sp³-hybridized carbons (Fsp3) is 0.700. The molecule has 1 aliphatic carbocycles. The number of aromatic hydroxyl groups is 1. The number of phenols is 1. The molecular weight excluding hydrogens is 694 g/mol. The minimum atomic E-state index is -1.40. The molecule has 1 fully saturated rings. The Morgan fingerprint density at radius 1 is 0.870 bits per heavy atom. The minimum Gasteiger partial charge on any atom is -0.508 e. The number of unbranched alkanes of at least 4 members (excludes halogenated alkanes) is 3. The van der Waals surface area contributed by atoms with Crippen LogP contribution in [0.4, 0.5) is 4.79 Å². The summed E-state index contributed by atoms with van der Waals surface area (Å²) in [5.74, 6) is -2.19. The number of nitrogens with one attached hydrogen (secondary N) is 5. The van der Waals surface area contributed by atoms with Crippen LogP contribution in [0.3, 0.4) is 0 Å². The van der Waals surface area contributed by atoms with Crippen molar-refractivity contribution in [1.82, 2.24) is 26.6 Å². The van der Waals surface area contributed by atoms with Gasteiger partial charge < -0.3 is 41.2 Å². The Bertz CT molecular complexity index is 1420. The van der Waals surface area contributed by atoms with Gasteiger partial charge in [-0.25, -0.2) is 4.79 Å². The number of phenolic OH excluding ortho intramolecular Hbond substituents is 1. The first-order valence-electron chi connectivity index (χ1n) is 19.9. The molecule has 14 heteroatoms. The van der Waals surface area contributed by atoms with Gasteiger partial charge in [0.1, 0.15) is 29.5 Å². The van der Waals surface area contributed by atoms with Crippen molar-refractivity contribution in [3.05, 3.63) is 28.8 Å². The third kappa shape index (κ3) is 17.6. The van der Waals surface area contributed by atoms with Crippen molar-refractivity contribution in [3.8, 4) is 5.75 Å². The monoisotopic (exact) mass is 760 g/mol. The topological polar surface area (TPSA) is 201 Å². The van der Waals surface area contributed by atoms with Crippen LogP contribution in [-0.2, 0) is 39.9 Å². The number of carbonyl (C=O) groups is 6. The maximum absolute atomic E-state index is 13.9. The molecule has 0 aromatic heterocycles. The zero-order valence-corrected chi connectivity index (χ0v) is 33.4. The molecule has 0 heterocycles. The van der Waals surface area contributed by atoms with Crippen molar-refractivity contribution in [1.29, 1.82) is 0 Å². The summed E-state index contributed by atoms with van der Waals surface area (Å²) in [4.78, 5) is 78.3. The zero-order valence-electron chi connectivity index (χ0n) is 34.4. The fourth-order valence-electron chi connectivity index (χ4n) is 6.57. The molecule has 1 saturated carbocycles. The predicted molar refractivity (Wildman–Crippen MR) is 206 cm³/mol. The van der Waals surface area contributed by atoms with Gasteiger partial charge in [0.15, 0.2) is 1.41 Å². The Labute approximate surface area is 322 Å². The molecule has 1 aromatic carbocycles. The average molecular weight is 761 g/mol. The van der Waals surface area contributed by atoms with E-state index in [1.54, 1.807) is 34.6 Å². The van der Waals surface area contributed by atoms with Gasteiger partial charge in [-0.3, -0.25) is 24.0 Å². The number of alkyl carbamates (subject to hydrolysis) is 1. The second-order valence-corrected chi connectivity index (χ2v) is 15.3. The van der Waals surface area contributed by atoms with E-state index in [2.05, 4.69) is 26.0 Å². The van der Waals surface area contributed by atoms with Gasteiger partial charge in [0.05, 0.1) is 13.7 Å². The first kappa shape index (κ1) is 44.0. The molecule has 1 aliphatic rings. The predicted octanol–water partition coefficient (Wildman–Crippen LogP) is 4.54. The number of carbonyl (C=O) groups excluding carboxylic acids is 6. The number of hydrogen-bond donors (Lipinski definition) is 6. The van der Waals surface area contributed by atoms with Gasteiger partial charge in [-0.1, -0.05) is 58.3 Å². The van der Waals surface area contributed by atoms with Crippen LogP contribution in [-0.4, -0.2) is 84.7 Å². The van der Waals surface area contributed by atoms with Gasteiger partial charge in [-0.2, -0.15) is 0 Å². The van der Waals surface area contributed by atoms with Crippen molar-refractivity contribution in [2.45, 2.75) is 155 Å². The highest BCUT2D eigenvalue weighted by atomic mass is 16.6. The second-order valence-electron chi connectivity index (χ2n) is 15.3. The van der Waals surface area contributed by atoms with E-state index in [4.69, 9.17) is 6.15 Å². The molecule has 0 bridgehead atoms. The summed E-state index contributed by atoms with van der Waals surface area (Å²) in [6.07, 6.45) is 8.43. The summed E-state index contributed by atoms with van der Waals surface area (Å²) in [5, 5.41) is 21.6. The van der Waals surface area contributed by atoms with E-state index in [-0.39, 0.29) is 36.4 Å². The molecule has 0 spiro atoms. The number of esters is 1. The van der Waals surface area contributed by atoms with Crippen LogP contribution in [0.15, 0.2) is 12.1 Å². The van der Waals surface area contributed by atoms with Gasteiger partial charge in [-0.05, 0) is 95.0 Å². The van der Waals surface area contributed by atoms with Crippen molar-refractivity contribution < 1.29 is 44.8 Å². The third-order valence-corrected chi connectivity index (χ3v) is 9.47. The summed E-state index contributed by atoms with van der Waals surface area (Å²) in [7, 11) is 1.35. The molecule has 3 atom stereocenters. The Balaban J connectivity index is 2.15. The summed E-state index contributed by atoms with van der Waals surface area (Å²) in [6, 6.07) is -0.218. The molecule has 0 aliphatic heterocycles. The molecule has 6 N–H and O–H groups in total. The second kappa shape index (κ2) is 23.4. The smallest absolute Gasteiger partial charge is 0.408 e. The first-order valence-corrected chi connectivity index (χ1v) is 19.5. The van der Waals surface area contributed by atoms with Crippen LogP contribution in [0.25, 0.3) is 0 Å². The standard InChI is InChI=1S/C40H65N5O9/c1-8-9-18-31(44-38(51)33(45-39(52)54-40(4,5)6)24-30-26(2)21-29(46)22-27(30)3)36(49)42-25-34(47)43-32(23-28-16-12-10-13-17-28)37(50)41-20-15-11-14-19-35(48)53-7/h21-22,28,31-33,46H,8-20,23-25H2,1-7H3,(H,41,50)(H,42,49)(H,43,47)(H,44,51)(H,45,52)/t31-,32-,33?/m0/s1/i/hD. The number of amides is 5. The van der Waals surface area contributed by atoms with E-state index in [1.807, 2.05) is 6.92 Å². The lowest BCUT2D eigenvalue weighted by Crippen LogP contribution is -2.56. The van der Waals surface area contributed by atoms with Crippen molar-refractivity contribution >= 4 is 35.7 Å². The first-order chi connectivity index (χ1) is 25.9. The number of ether oxygens (including phenoxy) is 2. The summed E-state index contributed by atoms with van der Waals surface area (Å²) in [5.41, 5.74) is 1.03. The van der Waals surface area contributed by atoms with E-state index >= 15 is 0 Å². The number of aryl methyl sites for hydroxylation is 2. The molecular formula is C40H65N5O9. The quantitative estimate of drug-likeness (QED) is 0.0769. The van der Waals surface area contributed by atoms with Crippen molar-refractivity contribution in [2.75, 3.05) is 20.2 Å². The lowest BCUT2D eigenvalue weighted by Gasteiger charge is -2.27. The van der Waals surface area contributed by atoms with E-state index in [0.717, 1.165) is 38.5 Å². The van der Waals surface area contributed by atoms with Crippen molar-refractivity contribution in [3.63, 3.8) is 0 Å². The summed E-state index contributed by atoms with van der Waals surface area (Å²) < 4.78 is 18.7. The molecule has 0 saturated heterocycles. The van der Waals surface area contributed by atoms with Crippen LogP contribution >= 0.6 is 0 Å². The Hall–Kier alpha value is -4.36. The molecule has 14 nitrogen and oxygen atoms in total. The van der Waals surface area contributed by atoms with Crippen molar-refractivity contribution in [2.24, 2.45) is 5.92 Å². The highest BCUT2D eigenvalue weighted by Gasteiger charge is 2.30. The molecule has 0 radical (unpaired) electrons. The largest absolute Gasteiger partial charge is 0.508 e. The molecule has 1 unspecified atom stereocenters.